The van der Waals surface area contributed by atoms with Gasteiger partial charge >= 0.3 is 7.60 Å². The molecular formula is C17H21O3PS. The number of allylic oxidation sites excluding steroid dienone is 2. The number of thiophene rings is 1. The highest BCUT2D eigenvalue weighted by Gasteiger charge is 2.79. The minimum atomic E-state index is -3.14. The molecule has 0 saturated heterocycles. The second-order valence-electron chi connectivity index (χ2n) is 6.91. The Labute approximate surface area is 135 Å². The Morgan fingerprint density at radius 2 is 1.91 bits per heavy atom. The Morgan fingerprint density at radius 3 is 2.50 bits per heavy atom. The monoisotopic (exact) mass is 336 g/mol. The Kier molecular flexibility index (Phi) is 2.90. The first kappa shape index (κ1) is 14.0. The molecule has 6 rings (SSSR count). The van der Waals surface area contributed by atoms with Gasteiger partial charge in [-0.2, -0.15) is 11.3 Å². The molecule has 0 N–H and O–H groups in total. The fourth-order valence-corrected chi connectivity index (χ4v) is 8.89. The third-order valence-corrected chi connectivity index (χ3v) is 9.25. The van der Waals surface area contributed by atoms with Crippen LogP contribution >= 0.6 is 18.9 Å². The molecule has 0 amide bonds. The molecule has 3 nitrogen and oxygen atoms in total. The zero-order chi connectivity index (χ0) is 15.1. The molecule has 0 aliphatic heterocycles. The van der Waals surface area contributed by atoms with Gasteiger partial charge in [0.25, 0.3) is 0 Å². The second-order valence-corrected chi connectivity index (χ2v) is 9.69. The molecule has 1 aromatic heterocycles. The summed E-state index contributed by atoms with van der Waals surface area (Å²) in [6.07, 6.45) is 1.33. The van der Waals surface area contributed by atoms with Crippen molar-refractivity contribution in [3.8, 4) is 0 Å². The summed E-state index contributed by atoms with van der Waals surface area (Å²) in [6.45, 7) is 4.70. The van der Waals surface area contributed by atoms with E-state index in [2.05, 4.69) is 16.8 Å². The molecule has 6 atom stereocenters. The lowest BCUT2D eigenvalue weighted by Crippen LogP contribution is -2.10. The molecule has 5 aliphatic carbocycles. The van der Waals surface area contributed by atoms with Crippen molar-refractivity contribution < 1.29 is 13.6 Å². The molecular weight excluding hydrogens is 315 g/mol. The first-order chi connectivity index (χ1) is 10.7. The Morgan fingerprint density at radius 1 is 1.18 bits per heavy atom. The fraction of sp³-hybridized carbons (Fsp3) is 0.647. The minimum Gasteiger partial charge on any atom is -0.306 e. The molecule has 2 unspecified atom stereocenters. The highest BCUT2D eigenvalue weighted by Crippen LogP contribution is 2.87. The van der Waals surface area contributed by atoms with E-state index in [4.69, 9.17) is 9.05 Å². The molecule has 118 valence electrons. The molecule has 6 bridgehead atoms. The summed E-state index contributed by atoms with van der Waals surface area (Å²) in [5.74, 6) is 4.34. The largest absolute Gasteiger partial charge is 0.357 e. The summed E-state index contributed by atoms with van der Waals surface area (Å²) in [6, 6.07) is 2.18. The van der Waals surface area contributed by atoms with E-state index in [0.29, 0.717) is 31.0 Å². The molecule has 0 spiro atoms. The fourth-order valence-electron chi connectivity index (χ4n) is 5.90. The van der Waals surface area contributed by atoms with Crippen LogP contribution in [0.15, 0.2) is 22.1 Å². The normalized spacial score (nSPS) is 40.8. The van der Waals surface area contributed by atoms with Gasteiger partial charge < -0.3 is 9.05 Å². The molecule has 4 saturated carbocycles. The van der Waals surface area contributed by atoms with Crippen molar-refractivity contribution in [3.63, 3.8) is 0 Å². The average molecular weight is 336 g/mol. The minimum absolute atomic E-state index is 0.442. The van der Waals surface area contributed by atoms with E-state index < -0.39 is 7.60 Å². The number of rotatable bonds is 6. The van der Waals surface area contributed by atoms with Gasteiger partial charge in [0.15, 0.2) is 0 Å². The van der Waals surface area contributed by atoms with Gasteiger partial charge in [0.1, 0.15) is 0 Å². The lowest BCUT2D eigenvalue weighted by molar-refractivity contribution is 0.222. The van der Waals surface area contributed by atoms with Crippen LogP contribution in [0.5, 0.6) is 0 Å². The Bertz CT molecular complexity index is 685. The quantitative estimate of drug-likeness (QED) is 0.696. The van der Waals surface area contributed by atoms with Crippen molar-refractivity contribution >= 4 is 24.5 Å². The molecule has 5 heteroatoms. The van der Waals surface area contributed by atoms with Crippen LogP contribution in [-0.2, 0) is 13.6 Å². The van der Waals surface area contributed by atoms with Gasteiger partial charge in [-0.05, 0) is 83.7 Å². The molecule has 22 heavy (non-hydrogen) atoms. The smallest absolute Gasteiger partial charge is 0.306 e. The lowest BCUT2D eigenvalue weighted by Gasteiger charge is -2.26. The van der Waals surface area contributed by atoms with E-state index in [-0.39, 0.29) is 0 Å². The van der Waals surface area contributed by atoms with Crippen LogP contribution in [0.1, 0.15) is 25.8 Å². The summed E-state index contributed by atoms with van der Waals surface area (Å²) in [5, 5.41) is 5.38. The van der Waals surface area contributed by atoms with E-state index >= 15 is 0 Å². The maximum atomic E-state index is 13.5. The van der Waals surface area contributed by atoms with Crippen molar-refractivity contribution in [1.82, 2.24) is 0 Å². The second kappa shape index (κ2) is 4.57. The van der Waals surface area contributed by atoms with Crippen LogP contribution in [0.2, 0.25) is 0 Å². The Balaban J connectivity index is 1.68. The van der Waals surface area contributed by atoms with Crippen LogP contribution in [0, 0.1) is 35.5 Å². The van der Waals surface area contributed by atoms with E-state index in [0.717, 1.165) is 23.1 Å². The molecule has 1 aromatic rings. The van der Waals surface area contributed by atoms with Gasteiger partial charge in [0.05, 0.1) is 13.2 Å². The highest BCUT2D eigenvalue weighted by atomic mass is 32.1. The summed E-state index contributed by atoms with van der Waals surface area (Å²) >= 11 is 1.72. The van der Waals surface area contributed by atoms with Gasteiger partial charge in [-0.3, -0.25) is 4.57 Å². The molecule has 5 aliphatic rings. The topological polar surface area (TPSA) is 35.5 Å². The summed E-state index contributed by atoms with van der Waals surface area (Å²) in [5.41, 5.74) is 2.60. The zero-order valence-electron chi connectivity index (χ0n) is 12.9. The first-order valence-electron chi connectivity index (χ1n) is 8.37. The maximum Gasteiger partial charge on any atom is 0.357 e. The predicted molar refractivity (Wildman–Crippen MR) is 87.7 cm³/mol. The van der Waals surface area contributed by atoms with E-state index in [1.165, 1.54) is 17.6 Å². The van der Waals surface area contributed by atoms with E-state index in [1.54, 1.807) is 11.3 Å². The molecule has 1 heterocycles. The predicted octanol–water partition coefficient (Wildman–Crippen LogP) is 4.87. The SMILES string of the molecule is CCOP(=O)(OCC)C1=C(c2ccsc2)[C@@H]2C3C4[C@@H]3C[C@@H]2[C@@H]14. The first-order valence-corrected chi connectivity index (χ1v) is 10.9. The zero-order valence-corrected chi connectivity index (χ0v) is 14.6. The standard InChI is InChI=1S/C17H21O3PS/c1-3-19-21(18,20-4-2)17-12(9-5-6-22-8-9)13-11-7-10-14(13)15(10)16(11)17/h5-6,8,10-11,13-16H,3-4,7H2,1-2H3/t10-,11+,13-,14?,15?,16-/m1/s1. The van der Waals surface area contributed by atoms with Crippen LogP contribution in [0.4, 0.5) is 0 Å². The van der Waals surface area contributed by atoms with Gasteiger partial charge in [-0.25, -0.2) is 0 Å². The third-order valence-electron chi connectivity index (χ3n) is 6.24. The van der Waals surface area contributed by atoms with E-state index in [9.17, 15) is 4.57 Å². The number of hydrogen-bond acceptors (Lipinski definition) is 4. The van der Waals surface area contributed by atoms with Crippen molar-refractivity contribution in [1.29, 1.82) is 0 Å². The van der Waals surface area contributed by atoms with Crippen LogP contribution in [0.3, 0.4) is 0 Å². The summed E-state index contributed by atoms with van der Waals surface area (Å²) in [4.78, 5) is 0. The molecule has 0 radical (unpaired) electrons. The van der Waals surface area contributed by atoms with Crippen LogP contribution < -0.4 is 0 Å². The van der Waals surface area contributed by atoms with Gasteiger partial charge in [0, 0.05) is 5.31 Å². The average Bonchev–Trinajstić information content (AvgIpc) is 3.06. The molecule has 4 fully saturated rings. The van der Waals surface area contributed by atoms with E-state index in [1.807, 2.05) is 13.8 Å². The summed E-state index contributed by atoms with van der Waals surface area (Å²) < 4.78 is 25.0. The van der Waals surface area contributed by atoms with Crippen molar-refractivity contribution in [2.75, 3.05) is 13.2 Å². The molecule has 0 aromatic carbocycles. The van der Waals surface area contributed by atoms with Crippen LogP contribution in [0.25, 0.3) is 5.57 Å². The Hall–Kier alpha value is -0.410. The van der Waals surface area contributed by atoms with Crippen molar-refractivity contribution in [2.24, 2.45) is 35.5 Å². The maximum absolute atomic E-state index is 13.5. The highest BCUT2D eigenvalue weighted by molar-refractivity contribution is 7.58. The van der Waals surface area contributed by atoms with Gasteiger partial charge in [0.2, 0.25) is 0 Å². The van der Waals surface area contributed by atoms with Crippen LogP contribution in [-0.4, -0.2) is 13.2 Å². The van der Waals surface area contributed by atoms with Gasteiger partial charge in [-0.15, -0.1) is 0 Å². The lowest BCUT2D eigenvalue weighted by atomic mass is 9.91. The third kappa shape index (κ3) is 1.53. The summed E-state index contributed by atoms with van der Waals surface area (Å²) in [7, 11) is -3.14. The number of hydrogen-bond donors (Lipinski definition) is 0. The van der Waals surface area contributed by atoms with Crippen molar-refractivity contribution in [2.45, 2.75) is 20.3 Å². The van der Waals surface area contributed by atoms with Crippen molar-refractivity contribution in [3.05, 3.63) is 27.7 Å². The van der Waals surface area contributed by atoms with Gasteiger partial charge in [-0.1, -0.05) is 0 Å².